The van der Waals surface area contributed by atoms with Crippen molar-refractivity contribution in [3.63, 3.8) is 0 Å². The van der Waals surface area contributed by atoms with E-state index < -0.39 is 5.97 Å². The lowest BCUT2D eigenvalue weighted by Crippen LogP contribution is -2.17. The van der Waals surface area contributed by atoms with Gasteiger partial charge in [-0.2, -0.15) is 0 Å². The zero-order chi connectivity index (χ0) is 23.3. The number of aliphatic carboxylic acids is 1. The standard InChI is InChI=1S/C23H22Cl2N4O3/c1-29(2)22-16(12-21(30)31)13-26-20(28-22)10-5-14-3-7-17(8-4-14)27-23(32)15-6-9-18(24)19(25)11-15/h3-4,6-9,11,13H,5,10,12H2,1-2H3,(H,27,32)(H,30,31). The fraction of sp³-hybridized carbons (Fsp3) is 0.217. The number of hydrogen-bond donors (Lipinski definition) is 2. The van der Waals surface area contributed by atoms with Gasteiger partial charge in [-0.25, -0.2) is 9.97 Å². The van der Waals surface area contributed by atoms with Crippen molar-refractivity contribution in [2.45, 2.75) is 19.3 Å². The molecule has 7 nitrogen and oxygen atoms in total. The summed E-state index contributed by atoms with van der Waals surface area (Å²) in [5.41, 5.74) is 2.72. The molecule has 0 radical (unpaired) electrons. The lowest BCUT2D eigenvalue weighted by molar-refractivity contribution is -0.136. The Hall–Kier alpha value is -3.16. The van der Waals surface area contributed by atoms with Crippen molar-refractivity contribution in [1.82, 2.24) is 9.97 Å². The number of aryl methyl sites for hydroxylation is 2. The number of halogens is 2. The summed E-state index contributed by atoms with van der Waals surface area (Å²) >= 11 is 11.9. The number of hydrogen-bond acceptors (Lipinski definition) is 5. The van der Waals surface area contributed by atoms with Gasteiger partial charge < -0.3 is 15.3 Å². The number of aromatic nitrogens is 2. The van der Waals surface area contributed by atoms with Crippen molar-refractivity contribution < 1.29 is 14.7 Å². The summed E-state index contributed by atoms with van der Waals surface area (Å²) < 4.78 is 0. The molecular formula is C23H22Cl2N4O3. The molecule has 166 valence electrons. The summed E-state index contributed by atoms with van der Waals surface area (Å²) in [5.74, 6) is 0.0516. The third-order valence-corrected chi connectivity index (χ3v) is 5.43. The van der Waals surface area contributed by atoms with Crippen molar-refractivity contribution >= 4 is 46.6 Å². The van der Waals surface area contributed by atoms with Crippen LogP contribution in [0.25, 0.3) is 0 Å². The molecule has 0 unspecified atom stereocenters. The molecule has 32 heavy (non-hydrogen) atoms. The highest BCUT2D eigenvalue weighted by Crippen LogP contribution is 2.23. The molecule has 2 aromatic carbocycles. The summed E-state index contributed by atoms with van der Waals surface area (Å²) in [6.45, 7) is 0. The molecule has 0 saturated carbocycles. The smallest absolute Gasteiger partial charge is 0.308 e. The molecule has 1 aromatic heterocycles. The van der Waals surface area contributed by atoms with E-state index in [2.05, 4.69) is 15.3 Å². The van der Waals surface area contributed by atoms with E-state index >= 15 is 0 Å². The van der Waals surface area contributed by atoms with Gasteiger partial charge in [-0.1, -0.05) is 35.3 Å². The number of carboxylic acid groups (broad SMARTS) is 1. The number of nitrogens with one attached hydrogen (secondary N) is 1. The molecule has 1 heterocycles. The van der Waals surface area contributed by atoms with Crippen LogP contribution < -0.4 is 10.2 Å². The first-order chi connectivity index (χ1) is 15.2. The Kier molecular flexibility index (Phi) is 7.66. The first-order valence-electron chi connectivity index (χ1n) is 9.82. The molecule has 0 atom stereocenters. The van der Waals surface area contributed by atoms with Gasteiger partial charge in [0.05, 0.1) is 16.5 Å². The monoisotopic (exact) mass is 472 g/mol. The van der Waals surface area contributed by atoms with Gasteiger partial charge in [0.15, 0.2) is 0 Å². The van der Waals surface area contributed by atoms with Crippen LogP contribution in [0.15, 0.2) is 48.7 Å². The number of amides is 1. The van der Waals surface area contributed by atoms with Crippen molar-refractivity contribution in [2.24, 2.45) is 0 Å². The van der Waals surface area contributed by atoms with Gasteiger partial charge in [0.2, 0.25) is 0 Å². The van der Waals surface area contributed by atoms with Gasteiger partial charge in [-0.3, -0.25) is 9.59 Å². The van der Waals surface area contributed by atoms with Crippen LogP contribution >= 0.6 is 23.2 Å². The average molecular weight is 473 g/mol. The van der Waals surface area contributed by atoms with E-state index in [4.69, 9.17) is 28.3 Å². The van der Waals surface area contributed by atoms with Crippen molar-refractivity contribution in [3.05, 3.63) is 81.2 Å². The Labute approximate surface area is 196 Å². The van der Waals surface area contributed by atoms with E-state index in [-0.39, 0.29) is 12.3 Å². The molecule has 3 rings (SSSR count). The predicted octanol–water partition coefficient (Wildman–Crippen LogP) is 4.51. The van der Waals surface area contributed by atoms with E-state index in [9.17, 15) is 9.59 Å². The van der Waals surface area contributed by atoms with Gasteiger partial charge >= 0.3 is 5.97 Å². The lowest BCUT2D eigenvalue weighted by Gasteiger charge is -2.16. The number of benzene rings is 2. The first kappa shape index (κ1) is 23.5. The lowest BCUT2D eigenvalue weighted by atomic mass is 10.1. The van der Waals surface area contributed by atoms with E-state index in [1.165, 1.54) is 6.07 Å². The highest BCUT2D eigenvalue weighted by Gasteiger charge is 2.13. The number of rotatable bonds is 8. The SMILES string of the molecule is CN(C)c1nc(CCc2ccc(NC(=O)c3ccc(Cl)c(Cl)c3)cc2)ncc1CC(=O)O. The second kappa shape index (κ2) is 10.4. The summed E-state index contributed by atoms with van der Waals surface area (Å²) in [6.07, 6.45) is 2.76. The summed E-state index contributed by atoms with van der Waals surface area (Å²) in [7, 11) is 3.64. The number of carbonyl (C=O) groups excluding carboxylic acids is 1. The summed E-state index contributed by atoms with van der Waals surface area (Å²) in [4.78, 5) is 34.0. The molecule has 0 aliphatic rings. The van der Waals surface area contributed by atoms with Gasteiger partial charge in [0.1, 0.15) is 11.6 Å². The molecule has 3 aromatic rings. The Morgan fingerprint density at radius 1 is 1.03 bits per heavy atom. The molecule has 9 heteroatoms. The first-order valence-corrected chi connectivity index (χ1v) is 10.6. The fourth-order valence-corrected chi connectivity index (χ4v) is 3.38. The topological polar surface area (TPSA) is 95.4 Å². The molecular weight excluding hydrogens is 451 g/mol. The van der Waals surface area contributed by atoms with Crippen LogP contribution in [0.4, 0.5) is 11.5 Å². The van der Waals surface area contributed by atoms with E-state index in [0.29, 0.717) is 51.3 Å². The van der Waals surface area contributed by atoms with E-state index in [1.807, 2.05) is 38.4 Å². The minimum absolute atomic E-state index is 0.122. The largest absolute Gasteiger partial charge is 0.481 e. The number of carbonyl (C=O) groups is 2. The second-order valence-electron chi connectivity index (χ2n) is 7.38. The molecule has 1 amide bonds. The third-order valence-electron chi connectivity index (χ3n) is 4.69. The highest BCUT2D eigenvalue weighted by atomic mass is 35.5. The van der Waals surface area contributed by atoms with Crippen molar-refractivity contribution in [3.8, 4) is 0 Å². The summed E-state index contributed by atoms with van der Waals surface area (Å²) in [6, 6.07) is 12.2. The quantitative estimate of drug-likeness (QED) is 0.500. The third kappa shape index (κ3) is 6.18. The predicted molar refractivity (Wildman–Crippen MR) is 126 cm³/mol. The van der Waals surface area contributed by atoms with Crippen LogP contribution in [0.3, 0.4) is 0 Å². The zero-order valence-electron chi connectivity index (χ0n) is 17.6. The van der Waals surface area contributed by atoms with Crippen LogP contribution in [-0.2, 0) is 24.1 Å². The molecule has 0 aliphatic carbocycles. The molecule has 0 fully saturated rings. The number of anilines is 2. The second-order valence-corrected chi connectivity index (χ2v) is 8.19. The van der Waals surface area contributed by atoms with Gasteiger partial charge in [0, 0.05) is 43.5 Å². The van der Waals surface area contributed by atoms with Crippen LogP contribution in [0.2, 0.25) is 10.0 Å². The van der Waals surface area contributed by atoms with E-state index in [0.717, 1.165) is 5.56 Å². The number of carboxylic acids is 1. The van der Waals surface area contributed by atoms with Crippen LogP contribution in [0.5, 0.6) is 0 Å². The summed E-state index contributed by atoms with van der Waals surface area (Å²) in [5, 5.41) is 12.6. The Balaban J connectivity index is 1.62. The highest BCUT2D eigenvalue weighted by molar-refractivity contribution is 6.42. The zero-order valence-corrected chi connectivity index (χ0v) is 19.1. The van der Waals surface area contributed by atoms with E-state index in [1.54, 1.807) is 23.2 Å². The van der Waals surface area contributed by atoms with Crippen LogP contribution in [0.1, 0.15) is 27.3 Å². The molecule has 0 spiro atoms. The molecule has 2 N–H and O–H groups in total. The minimum Gasteiger partial charge on any atom is -0.481 e. The van der Waals surface area contributed by atoms with Gasteiger partial charge in [0.25, 0.3) is 5.91 Å². The Bertz CT molecular complexity index is 1130. The molecule has 0 bridgehead atoms. The van der Waals surface area contributed by atoms with Crippen LogP contribution in [-0.4, -0.2) is 41.0 Å². The van der Waals surface area contributed by atoms with Gasteiger partial charge in [-0.05, 0) is 42.3 Å². The fourth-order valence-electron chi connectivity index (χ4n) is 3.08. The maximum Gasteiger partial charge on any atom is 0.308 e. The van der Waals surface area contributed by atoms with Crippen LogP contribution in [0, 0.1) is 0 Å². The Morgan fingerprint density at radius 3 is 2.38 bits per heavy atom. The van der Waals surface area contributed by atoms with Gasteiger partial charge in [-0.15, -0.1) is 0 Å². The average Bonchev–Trinajstić information content (AvgIpc) is 2.75. The van der Waals surface area contributed by atoms with Crippen molar-refractivity contribution in [2.75, 3.05) is 24.3 Å². The maximum atomic E-state index is 12.4. The molecule has 0 aliphatic heterocycles. The number of nitrogens with zero attached hydrogens (tertiary/aromatic N) is 3. The normalized spacial score (nSPS) is 10.6. The Morgan fingerprint density at radius 2 is 1.75 bits per heavy atom. The maximum absolute atomic E-state index is 12.4. The minimum atomic E-state index is -0.921. The molecule has 0 saturated heterocycles. The van der Waals surface area contributed by atoms with Crippen molar-refractivity contribution in [1.29, 1.82) is 0 Å².